The average Bonchev–Trinajstić information content (AvgIpc) is 2.55. The van der Waals surface area contributed by atoms with E-state index in [4.69, 9.17) is 0 Å². The van der Waals surface area contributed by atoms with Crippen LogP contribution in [0.15, 0.2) is 67.0 Å². The Morgan fingerprint density at radius 3 is 2.33 bits per heavy atom. The van der Waals surface area contributed by atoms with Crippen LogP contribution in [0.5, 0.6) is 0 Å². The minimum Gasteiger partial charge on any atom is -0.294 e. The van der Waals surface area contributed by atoms with Crippen LogP contribution in [0.2, 0.25) is 0 Å². The second-order valence-corrected chi connectivity index (χ2v) is 4.79. The molecule has 0 fully saturated rings. The summed E-state index contributed by atoms with van der Waals surface area (Å²) in [6, 6.07) is 16.5. The number of nitrogens with zero attached hydrogens (tertiary/aromatic N) is 1. The summed E-state index contributed by atoms with van der Waals surface area (Å²) in [6.07, 6.45) is 2.98. The van der Waals surface area contributed by atoms with E-state index < -0.39 is 0 Å². The number of rotatable bonds is 4. The number of aromatic nitrogens is 1. The van der Waals surface area contributed by atoms with Crippen molar-refractivity contribution in [1.82, 2.24) is 4.98 Å². The fourth-order valence-electron chi connectivity index (χ4n) is 2.35. The van der Waals surface area contributed by atoms with Gasteiger partial charge in [0.05, 0.1) is 6.42 Å². The maximum absolute atomic E-state index is 12.4. The fraction of sp³-hybridized carbons (Fsp3) is 0.0556. The van der Waals surface area contributed by atoms with Gasteiger partial charge in [-0.15, -0.1) is 0 Å². The van der Waals surface area contributed by atoms with Crippen LogP contribution in [0.1, 0.15) is 27.1 Å². The second kappa shape index (κ2) is 5.67. The smallest absolute Gasteiger partial charge is 0.171 e. The van der Waals surface area contributed by atoms with Crippen molar-refractivity contribution in [3.05, 3.63) is 78.1 Å². The van der Waals surface area contributed by atoms with Gasteiger partial charge in [-0.2, -0.15) is 0 Å². The molecule has 0 atom stereocenters. The molecule has 3 nitrogen and oxygen atoms in total. The Kier molecular flexibility index (Phi) is 3.56. The summed E-state index contributed by atoms with van der Waals surface area (Å²) in [4.78, 5) is 28.4. The number of benzene rings is 2. The van der Waals surface area contributed by atoms with Gasteiger partial charge in [0.15, 0.2) is 11.6 Å². The molecule has 3 aromatic rings. The van der Waals surface area contributed by atoms with Crippen molar-refractivity contribution < 1.29 is 9.59 Å². The highest BCUT2D eigenvalue weighted by Crippen LogP contribution is 2.20. The van der Waals surface area contributed by atoms with E-state index in [9.17, 15) is 9.59 Å². The molecule has 0 saturated heterocycles. The number of Topliss-reactive ketones (excluding diaryl/α,β-unsaturated/α-hetero) is 2. The number of hydrogen-bond donors (Lipinski definition) is 0. The fourth-order valence-corrected chi connectivity index (χ4v) is 2.35. The van der Waals surface area contributed by atoms with E-state index in [0.29, 0.717) is 11.1 Å². The third-order valence-electron chi connectivity index (χ3n) is 3.41. The van der Waals surface area contributed by atoms with E-state index in [0.717, 1.165) is 10.8 Å². The lowest BCUT2D eigenvalue weighted by molar-refractivity contribution is 0.0895. The molecule has 0 unspecified atom stereocenters. The lowest BCUT2D eigenvalue weighted by Crippen LogP contribution is -2.09. The molecule has 1 heterocycles. The molecule has 0 radical (unpaired) electrons. The molecular formula is C18H13NO2. The maximum Gasteiger partial charge on any atom is 0.171 e. The second-order valence-electron chi connectivity index (χ2n) is 4.79. The van der Waals surface area contributed by atoms with Crippen LogP contribution in [-0.2, 0) is 0 Å². The van der Waals surface area contributed by atoms with Gasteiger partial charge in [0.25, 0.3) is 0 Å². The van der Waals surface area contributed by atoms with Crippen LogP contribution in [0.4, 0.5) is 0 Å². The standard InChI is InChI=1S/C18H13NO2/c20-17(14-8-10-19-11-9-14)12-18(21)16-7-3-5-13-4-1-2-6-15(13)16/h1-11H,12H2. The van der Waals surface area contributed by atoms with Crippen LogP contribution in [0.3, 0.4) is 0 Å². The maximum atomic E-state index is 12.4. The Morgan fingerprint density at radius 1 is 0.810 bits per heavy atom. The average molecular weight is 275 g/mol. The summed E-state index contributed by atoms with van der Waals surface area (Å²) in [5.41, 5.74) is 1.11. The first kappa shape index (κ1) is 13.2. The van der Waals surface area contributed by atoms with E-state index in [2.05, 4.69) is 4.98 Å². The van der Waals surface area contributed by atoms with Gasteiger partial charge < -0.3 is 0 Å². The Labute approximate surface area is 122 Å². The highest BCUT2D eigenvalue weighted by Gasteiger charge is 2.15. The third kappa shape index (κ3) is 2.72. The predicted octanol–water partition coefficient (Wildman–Crippen LogP) is 3.69. The summed E-state index contributed by atoms with van der Waals surface area (Å²) in [5, 5.41) is 1.88. The van der Waals surface area contributed by atoms with Crippen molar-refractivity contribution in [1.29, 1.82) is 0 Å². The highest BCUT2D eigenvalue weighted by atomic mass is 16.1. The number of fused-ring (bicyclic) bond motifs is 1. The Balaban J connectivity index is 1.90. The molecule has 1 aromatic heterocycles. The lowest BCUT2D eigenvalue weighted by Gasteiger charge is -2.05. The van der Waals surface area contributed by atoms with Crippen molar-refractivity contribution in [2.24, 2.45) is 0 Å². The minimum atomic E-state index is -0.185. The zero-order valence-electron chi connectivity index (χ0n) is 11.3. The predicted molar refractivity (Wildman–Crippen MR) is 81.5 cm³/mol. The molecule has 21 heavy (non-hydrogen) atoms. The van der Waals surface area contributed by atoms with Crippen LogP contribution in [0.25, 0.3) is 10.8 Å². The quantitative estimate of drug-likeness (QED) is 0.539. The van der Waals surface area contributed by atoms with Crippen molar-refractivity contribution >= 4 is 22.3 Å². The summed E-state index contributed by atoms with van der Waals surface area (Å²) in [5.74, 6) is -0.344. The Hall–Kier alpha value is -2.81. The van der Waals surface area contributed by atoms with E-state index >= 15 is 0 Å². The van der Waals surface area contributed by atoms with Crippen LogP contribution >= 0.6 is 0 Å². The highest BCUT2D eigenvalue weighted by molar-refractivity contribution is 6.17. The van der Waals surface area contributed by atoms with Crippen LogP contribution in [0, 0.1) is 0 Å². The van der Waals surface area contributed by atoms with Crippen molar-refractivity contribution in [3.8, 4) is 0 Å². The first-order valence-corrected chi connectivity index (χ1v) is 6.70. The first-order valence-electron chi connectivity index (χ1n) is 6.70. The van der Waals surface area contributed by atoms with E-state index in [-0.39, 0.29) is 18.0 Å². The summed E-state index contributed by atoms with van der Waals surface area (Å²) >= 11 is 0. The topological polar surface area (TPSA) is 47.0 Å². The first-order chi connectivity index (χ1) is 10.3. The number of carbonyl (C=O) groups is 2. The van der Waals surface area contributed by atoms with Crippen molar-refractivity contribution in [2.45, 2.75) is 6.42 Å². The number of pyridine rings is 1. The molecule has 0 N–H and O–H groups in total. The largest absolute Gasteiger partial charge is 0.294 e. The molecule has 102 valence electrons. The van der Waals surface area contributed by atoms with Gasteiger partial charge in [-0.05, 0) is 22.9 Å². The van der Waals surface area contributed by atoms with Gasteiger partial charge in [0, 0.05) is 23.5 Å². The van der Waals surface area contributed by atoms with E-state index in [1.54, 1.807) is 30.6 Å². The van der Waals surface area contributed by atoms with Gasteiger partial charge in [-0.1, -0.05) is 42.5 Å². The number of hydrogen-bond acceptors (Lipinski definition) is 3. The molecular weight excluding hydrogens is 262 g/mol. The zero-order chi connectivity index (χ0) is 14.7. The minimum absolute atomic E-state index is 0.127. The Bertz CT molecular complexity index is 804. The molecule has 0 bridgehead atoms. The summed E-state index contributed by atoms with van der Waals surface area (Å²) in [6.45, 7) is 0. The van der Waals surface area contributed by atoms with Gasteiger partial charge in [0.1, 0.15) is 0 Å². The molecule has 0 aliphatic heterocycles. The van der Waals surface area contributed by atoms with Gasteiger partial charge in [-0.25, -0.2) is 0 Å². The van der Waals surface area contributed by atoms with Gasteiger partial charge in [-0.3, -0.25) is 14.6 Å². The SMILES string of the molecule is O=C(CC(=O)c1cccc2ccccc12)c1ccncc1. The molecule has 3 heteroatoms. The van der Waals surface area contributed by atoms with Crippen LogP contribution in [-0.4, -0.2) is 16.6 Å². The molecule has 2 aromatic carbocycles. The molecule has 0 aliphatic rings. The Morgan fingerprint density at radius 2 is 1.52 bits per heavy atom. The van der Waals surface area contributed by atoms with Gasteiger partial charge >= 0.3 is 0 Å². The normalized spacial score (nSPS) is 10.5. The summed E-state index contributed by atoms with van der Waals surface area (Å²) in [7, 11) is 0. The van der Waals surface area contributed by atoms with E-state index in [1.807, 2.05) is 36.4 Å². The number of carbonyl (C=O) groups excluding carboxylic acids is 2. The molecule has 3 rings (SSSR count). The van der Waals surface area contributed by atoms with Gasteiger partial charge in [0.2, 0.25) is 0 Å². The third-order valence-corrected chi connectivity index (χ3v) is 3.41. The molecule has 0 saturated carbocycles. The van der Waals surface area contributed by atoms with E-state index in [1.165, 1.54) is 0 Å². The molecule has 0 aliphatic carbocycles. The molecule has 0 amide bonds. The lowest BCUT2D eigenvalue weighted by atomic mass is 9.97. The zero-order valence-corrected chi connectivity index (χ0v) is 11.3. The monoisotopic (exact) mass is 275 g/mol. The summed E-state index contributed by atoms with van der Waals surface area (Å²) < 4.78 is 0. The number of ketones is 2. The van der Waals surface area contributed by atoms with Crippen molar-refractivity contribution in [3.63, 3.8) is 0 Å². The molecule has 0 spiro atoms. The van der Waals surface area contributed by atoms with Crippen molar-refractivity contribution in [2.75, 3.05) is 0 Å². The van der Waals surface area contributed by atoms with Crippen LogP contribution < -0.4 is 0 Å².